The van der Waals surface area contributed by atoms with Gasteiger partial charge in [0.25, 0.3) is 0 Å². The number of aliphatic hydroxyl groups is 3. The Morgan fingerprint density at radius 3 is 2.80 bits per heavy atom. The molecule has 0 saturated carbocycles. The van der Waals surface area contributed by atoms with E-state index in [0.29, 0.717) is 11.5 Å². The van der Waals surface area contributed by atoms with Crippen molar-refractivity contribution in [3.63, 3.8) is 0 Å². The van der Waals surface area contributed by atoms with Crippen LogP contribution in [0.1, 0.15) is 11.9 Å². The van der Waals surface area contributed by atoms with Gasteiger partial charge in [0.1, 0.15) is 29.8 Å². The number of nitrogens with two attached hydrogens (primary N) is 2. The number of hydrogen-bond acceptors (Lipinski definition) is 9. The molecule has 1 fully saturated rings. The molecule has 2 aliphatic rings. The lowest BCUT2D eigenvalue weighted by Gasteiger charge is -2.23. The number of imidazole rings is 1. The van der Waals surface area contributed by atoms with Crippen molar-refractivity contribution in [2.45, 2.75) is 30.8 Å². The molecule has 0 amide bonds. The summed E-state index contributed by atoms with van der Waals surface area (Å²) in [6.07, 6.45) is -3.48. The molecule has 110 valence electrons. The van der Waals surface area contributed by atoms with Crippen molar-refractivity contribution in [1.29, 1.82) is 0 Å². The first-order chi connectivity index (χ1) is 9.52. The minimum atomic E-state index is -1.21. The van der Waals surface area contributed by atoms with Crippen LogP contribution in [0.2, 0.25) is 0 Å². The van der Waals surface area contributed by atoms with Gasteiger partial charge in [-0.1, -0.05) is 0 Å². The highest BCUT2D eigenvalue weighted by Crippen LogP contribution is 2.33. The average Bonchev–Trinajstić information content (AvgIpc) is 2.93. The van der Waals surface area contributed by atoms with Crippen LogP contribution in [0.5, 0.6) is 0 Å². The Balaban J connectivity index is 1.95. The van der Waals surface area contributed by atoms with E-state index in [1.54, 1.807) is 0 Å². The maximum absolute atomic E-state index is 10.0. The van der Waals surface area contributed by atoms with Gasteiger partial charge < -0.3 is 31.1 Å². The number of nitrogens with one attached hydrogen (secondary N) is 1. The Morgan fingerprint density at radius 2 is 2.15 bits per heavy atom. The van der Waals surface area contributed by atoms with Gasteiger partial charge in [0.05, 0.1) is 12.9 Å². The third-order valence-corrected chi connectivity index (χ3v) is 3.39. The monoisotopic (exact) mass is 284 g/mol. The van der Waals surface area contributed by atoms with Crippen LogP contribution in [0.15, 0.2) is 11.3 Å². The molecule has 5 unspecified atom stereocenters. The first kappa shape index (κ1) is 13.3. The van der Waals surface area contributed by atoms with Crippen LogP contribution in [0.25, 0.3) is 0 Å². The van der Waals surface area contributed by atoms with E-state index >= 15 is 0 Å². The van der Waals surface area contributed by atoms with E-state index < -0.39 is 37.4 Å². The van der Waals surface area contributed by atoms with Gasteiger partial charge in [0.15, 0.2) is 18.4 Å². The van der Waals surface area contributed by atoms with Crippen molar-refractivity contribution in [3.05, 3.63) is 12.0 Å². The van der Waals surface area contributed by atoms with Crippen molar-refractivity contribution in [1.82, 2.24) is 9.55 Å². The fourth-order valence-corrected chi connectivity index (χ4v) is 2.38. The summed E-state index contributed by atoms with van der Waals surface area (Å²) in [4.78, 5) is 8.00. The lowest BCUT2D eigenvalue weighted by Crippen LogP contribution is -2.38. The van der Waals surface area contributed by atoms with E-state index in [1.807, 2.05) is 0 Å². The van der Waals surface area contributed by atoms with E-state index in [9.17, 15) is 10.2 Å². The molecule has 1 aromatic rings. The quantitative estimate of drug-likeness (QED) is 0.332. The minimum absolute atomic E-state index is 0.178. The number of amidine groups is 1. The zero-order valence-electron chi connectivity index (χ0n) is 10.4. The molecule has 20 heavy (non-hydrogen) atoms. The molecule has 1 saturated heterocycles. The van der Waals surface area contributed by atoms with Gasteiger partial charge in [0, 0.05) is 0 Å². The summed E-state index contributed by atoms with van der Waals surface area (Å²) in [7, 11) is 0. The summed E-state index contributed by atoms with van der Waals surface area (Å²) in [5, 5.41) is 31.7. The summed E-state index contributed by atoms with van der Waals surface area (Å²) in [5.74, 6) is 0.622. The fraction of sp³-hybridized carbons (Fsp3) is 0.600. The molecule has 3 rings (SSSR count). The third kappa shape index (κ3) is 1.85. The van der Waals surface area contributed by atoms with Crippen LogP contribution >= 0.6 is 0 Å². The van der Waals surface area contributed by atoms with Crippen LogP contribution in [0, 0.1) is 0 Å². The van der Waals surface area contributed by atoms with Crippen LogP contribution in [-0.2, 0) is 4.74 Å². The Morgan fingerprint density at radius 1 is 1.40 bits per heavy atom. The first-order valence-corrected chi connectivity index (χ1v) is 6.08. The summed E-state index contributed by atoms with van der Waals surface area (Å²) in [6.45, 7) is -0.401. The van der Waals surface area contributed by atoms with Crippen molar-refractivity contribution < 1.29 is 20.1 Å². The number of fused-ring (bicyclic) bond motifs is 1. The van der Waals surface area contributed by atoms with Gasteiger partial charge in [-0.05, 0) is 0 Å². The van der Waals surface area contributed by atoms with Gasteiger partial charge >= 0.3 is 0 Å². The van der Waals surface area contributed by atoms with Crippen LogP contribution in [0.4, 0.5) is 5.82 Å². The highest BCUT2D eigenvalue weighted by molar-refractivity contribution is 6.01. The summed E-state index contributed by atoms with van der Waals surface area (Å²) in [5.41, 5.74) is 11.8. The Bertz CT molecular complexity index is 546. The highest BCUT2D eigenvalue weighted by atomic mass is 16.6. The molecule has 0 aromatic carbocycles. The first-order valence-electron chi connectivity index (χ1n) is 6.08. The number of hydrogen-bond donors (Lipinski definition) is 6. The van der Waals surface area contributed by atoms with Gasteiger partial charge in [0.2, 0.25) is 0 Å². The zero-order valence-corrected chi connectivity index (χ0v) is 10.4. The maximum Gasteiger partial charge on any atom is 0.174 e. The van der Waals surface area contributed by atoms with E-state index in [2.05, 4.69) is 15.3 Å². The Hall–Kier alpha value is -1.72. The van der Waals surface area contributed by atoms with Crippen molar-refractivity contribution in [2.75, 3.05) is 11.9 Å². The summed E-state index contributed by atoms with van der Waals surface area (Å²) >= 11 is 0. The fourth-order valence-electron chi connectivity index (χ4n) is 2.38. The second-order valence-electron chi connectivity index (χ2n) is 4.68. The van der Waals surface area contributed by atoms with Gasteiger partial charge in [-0.2, -0.15) is 0 Å². The SMILES string of the molecule is NC1=NC(N)Nc2c1ncn2C1OC(CO)C(O)C1O. The number of ether oxygens (including phenoxy) is 1. The van der Waals surface area contributed by atoms with Crippen LogP contribution in [0.3, 0.4) is 0 Å². The Labute approximate surface area is 113 Å². The second-order valence-corrected chi connectivity index (χ2v) is 4.68. The molecule has 0 bridgehead atoms. The molecular weight excluding hydrogens is 268 g/mol. The molecule has 0 radical (unpaired) electrons. The molecule has 10 nitrogen and oxygen atoms in total. The molecule has 1 aromatic heterocycles. The van der Waals surface area contributed by atoms with Crippen LogP contribution in [-0.4, -0.2) is 61.9 Å². The molecular formula is C10H16N6O4. The molecule has 10 heteroatoms. The minimum Gasteiger partial charge on any atom is -0.394 e. The third-order valence-electron chi connectivity index (χ3n) is 3.39. The lowest BCUT2D eigenvalue weighted by atomic mass is 10.1. The number of anilines is 1. The van der Waals surface area contributed by atoms with Crippen molar-refractivity contribution in [3.8, 4) is 0 Å². The topological polar surface area (TPSA) is 164 Å². The number of aromatic nitrogens is 2. The maximum atomic E-state index is 10.0. The van der Waals surface area contributed by atoms with E-state index in [0.717, 1.165) is 0 Å². The molecule has 8 N–H and O–H groups in total. The number of rotatable bonds is 2. The van der Waals surface area contributed by atoms with E-state index in [-0.39, 0.29) is 5.84 Å². The highest BCUT2D eigenvalue weighted by Gasteiger charge is 2.44. The molecule has 0 aliphatic carbocycles. The van der Waals surface area contributed by atoms with E-state index in [1.165, 1.54) is 10.9 Å². The number of aliphatic hydroxyl groups excluding tert-OH is 3. The van der Waals surface area contributed by atoms with Crippen LogP contribution < -0.4 is 16.8 Å². The predicted molar refractivity (Wildman–Crippen MR) is 67.6 cm³/mol. The zero-order chi connectivity index (χ0) is 14.4. The standard InChI is InChI=1S/C10H16N6O4/c11-7-4-8(15-10(12)14-7)16(2-13-4)9-6(19)5(18)3(1-17)20-9/h2-3,5-6,9-10,15,17-19H,1,12H2,(H2,11,14). The summed E-state index contributed by atoms with van der Waals surface area (Å²) < 4.78 is 6.90. The molecule has 3 heterocycles. The lowest BCUT2D eigenvalue weighted by molar-refractivity contribution is -0.0519. The normalized spacial score (nSPS) is 36.4. The van der Waals surface area contributed by atoms with E-state index in [4.69, 9.17) is 21.3 Å². The van der Waals surface area contributed by atoms with Gasteiger partial charge in [-0.15, -0.1) is 0 Å². The Kier molecular flexibility index (Phi) is 3.11. The summed E-state index contributed by atoms with van der Waals surface area (Å²) in [6, 6.07) is 0. The predicted octanol–water partition coefficient (Wildman–Crippen LogP) is -3.13. The average molecular weight is 284 g/mol. The molecule has 0 spiro atoms. The second kappa shape index (κ2) is 4.68. The molecule has 2 aliphatic heterocycles. The largest absolute Gasteiger partial charge is 0.394 e. The number of nitrogens with zero attached hydrogens (tertiary/aromatic N) is 3. The number of aliphatic imine (C=N–C) groups is 1. The van der Waals surface area contributed by atoms with Gasteiger partial charge in [-0.25, -0.2) is 9.98 Å². The van der Waals surface area contributed by atoms with Crippen molar-refractivity contribution in [2.24, 2.45) is 16.5 Å². The van der Waals surface area contributed by atoms with Crippen molar-refractivity contribution >= 4 is 11.7 Å². The molecule has 5 atom stereocenters. The van der Waals surface area contributed by atoms with Gasteiger partial charge in [-0.3, -0.25) is 10.3 Å². The smallest absolute Gasteiger partial charge is 0.174 e.